The van der Waals surface area contributed by atoms with Gasteiger partial charge in [-0.3, -0.25) is 4.79 Å². The van der Waals surface area contributed by atoms with Crippen molar-refractivity contribution in [1.82, 2.24) is 0 Å². The van der Waals surface area contributed by atoms with Gasteiger partial charge in [0.05, 0.1) is 0 Å². The number of hydrogen-bond donors (Lipinski definition) is 0. The third-order valence-corrected chi connectivity index (χ3v) is 4.94. The molecule has 2 nitrogen and oxygen atoms in total. The van der Waals surface area contributed by atoms with Gasteiger partial charge in [0.15, 0.2) is 0 Å². The molecule has 0 N–H and O–H groups in total. The molecule has 1 aliphatic rings. The highest BCUT2D eigenvalue weighted by Crippen LogP contribution is 2.41. The summed E-state index contributed by atoms with van der Waals surface area (Å²) in [6.07, 6.45) is 14.9. The number of carbonyl (C=O) groups is 1. The first-order valence-electron chi connectivity index (χ1n) is 8.84. The van der Waals surface area contributed by atoms with Crippen LogP contribution in [0.3, 0.4) is 0 Å². The van der Waals surface area contributed by atoms with Crippen molar-refractivity contribution in [2.24, 2.45) is 5.92 Å². The molecule has 0 amide bonds. The van der Waals surface area contributed by atoms with Crippen LogP contribution < -0.4 is 0 Å². The predicted molar refractivity (Wildman–Crippen MR) is 84.7 cm³/mol. The second-order valence-corrected chi connectivity index (χ2v) is 6.53. The zero-order chi connectivity index (χ0) is 14.8. The van der Waals surface area contributed by atoms with Crippen LogP contribution in [0.4, 0.5) is 0 Å². The number of hydrogen-bond acceptors (Lipinski definition) is 2. The van der Waals surface area contributed by atoms with Gasteiger partial charge in [0.2, 0.25) is 0 Å². The Hall–Kier alpha value is -0.530. The first-order valence-corrected chi connectivity index (χ1v) is 8.84. The average Bonchev–Trinajstić information content (AvgIpc) is 2.43. The van der Waals surface area contributed by atoms with E-state index in [-0.39, 0.29) is 11.6 Å². The number of ether oxygens (including phenoxy) is 1. The van der Waals surface area contributed by atoms with Gasteiger partial charge in [-0.05, 0) is 44.4 Å². The van der Waals surface area contributed by atoms with Crippen LogP contribution in [-0.2, 0) is 9.53 Å². The van der Waals surface area contributed by atoms with Crippen molar-refractivity contribution in [3.8, 4) is 0 Å². The molecule has 0 saturated heterocycles. The molecule has 118 valence electrons. The van der Waals surface area contributed by atoms with E-state index in [0.29, 0.717) is 5.92 Å². The van der Waals surface area contributed by atoms with Crippen molar-refractivity contribution in [3.05, 3.63) is 0 Å². The summed E-state index contributed by atoms with van der Waals surface area (Å²) in [5.74, 6) is 0.477. The topological polar surface area (TPSA) is 26.3 Å². The third kappa shape index (κ3) is 5.46. The highest BCUT2D eigenvalue weighted by Gasteiger charge is 2.41. The zero-order valence-corrected chi connectivity index (χ0v) is 13.9. The van der Waals surface area contributed by atoms with E-state index in [9.17, 15) is 4.79 Å². The largest absolute Gasteiger partial charge is 0.459 e. The summed E-state index contributed by atoms with van der Waals surface area (Å²) in [7, 11) is 0. The van der Waals surface area contributed by atoms with E-state index in [4.69, 9.17) is 4.74 Å². The minimum Gasteiger partial charge on any atom is -0.459 e. The second kappa shape index (κ2) is 9.41. The van der Waals surface area contributed by atoms with Crippen LogP contribution in [0.5, 0.6) is 0 Å². The van der Waals surface area contributed by atoms with E-state index in [1.54, 1.807) is 6.92 Å². The van der Waals surface area contributed by atoms with Gasteiger partial charge in [0, 0.05) is 6.92 Å². The van der Waals surface area contributed by atoms with Crippen LogP contribution in [0, 0.1) is 5.92 Å². The van der Waals surface area contributed by atoms with Crippen LogP contribution in [0.1, 0.15) is 97.8 Å². The Bertz CT molecular complexity index is 267. The monoisotopic (exact) mass is 282 g/mol. The SMILES string of the molecule is CCCCCCCC(CC)C1(OC(C)=O)CCCCC1. The third-order valence-electron chi connectivity index (χ3n) is 4.94. The standard InChI is InChI=1S/C18H34O2/c1-4-6-7-8-10-13-17(5-2)18(20-16(3)19)14-11-9-12-15-18/h17H,4-15H2,1-3H3. The molecular formula is C18H34O2. The molecule has 0 spiro atoms. The Morgan fingerprint density at radius 1 is 1.05 bits per heavy atom. The Morgan fingerprint density at radius 3 is 2.25 bits per heavy atom. The Kier molecular flexibility index (Phi) is 8.25. The normalized spacial score (nSPS) is 19.6. The number of rotatable bonds is 9. The van der Waals surface area contributed by atoms with Crippen molar-refractivity contribution in [1.29, 1.82) is 0 Å². The molecule has 1 saturated carbocycles. The first kappa shape index (κ1) is 17.5. The van der Waals surface area contributed by atoms with Crippen LogP contribution >= 0.6 is 0 Å². The van der Waals surface area contributed by atoms with Crippen LogP contribution in [0.15, 0.2) is 0 Å². The quantitative estimate of drug-likeness (QED) is 0.404. The molecule has 0 radical (unpaired) electrons. The average molecular weight is 282 g/mol. The van der Waals surface area contributed by atoms with Crippen molar-refractivity contribution in [3.63, 3.8) is 0 Å². The predicted octanol–water partition coefficient (Wildman–Crippen LogP) is 5.64. The van der Waals surface area contributed by atoms with E-state index < -0.39 is 0 Å². The fraction of sp³-hybridized carbons (Fsp3) is 0.944. The summed E-state index contributed by atoms with van der Waals surface area (Å²) < 4.78 is 5.87. The van der Waals surface area contributed by atoms with Crippen molar-refractivity contribution >= 4 is 5.97 Å². The molecule has 0 heterocycles. The van der Waals surface area contributed by atoms with Gasteiger partial charge in [-0.2, -0.15) is 0 Å². The highest BCUT2D eigenvalue weighted by atomic mass is 16.6. The smallest absolute Gasteiger partial charge is 0.303 e. The molecule has 0 aromatic rings. The molecule has 0 aromatic carbocycles. The van der Waals surface area contributed by atoms with Crippen molar-refractivity contribution < 1.29 is 9.53 Å². The number of unbranched alkanes of at least 4 members (excludes halogenated alkanes) is 4. The number of esters is 1. The van der Waals surface area contributed by atoms with E-state index >= 15 is 0 Å². The lowest BCUT2D eigenvalue weighted by Crippen LogP contribution is -2.43. The lowest BCUT2D eigenvalue weighted by Gasteiger charge is -2.42. The summed E-state index contributed by atoms with van der Waals surface area (Å²) in [5.41, 5.74) is -0.135. The molecule has 1 rings (SSSR count). The van der Waals surface area contributed by atoms with E-state index in [0.717, 1.165) is 19.3 Å². The maximum atomic E-state index is 11.5. The number of carbonyl (C=O) groups excluding carboxylic acids is 1. The summed E-state index contributed by atoms with van der Waals surface area (Å²) in [6, 6.07) is 0. The van der Waals surface area contributed by atoms with Crippen molar-refractivity contribution in [2.75, 3.05) is 0 Å². The van der Waals surface area contributed by atoms with E-state index in [2.05, 4.69) is 13.8 Å². The second-order valence-electron chi connectivity index (χ2n) is 6.53. The minimum absolute atomic E-state index is 0.0867. The lowest BCUT2D eigenvalue weighted by molar-refractivity contribution is -0.169. The molecule has 1 atom stereocenters. The Balaban J connectivity index is 2.53. The zero-order valence-electron chi connectivity index (χ0n) is 13.9. The van der Waals surface area contributed by atoms with E-state index in [1.807, 2.05) is 0 Å². The maximum Gasteiger partial charge on any atom is 0.303 e. The van der Waals surface area contributed by atoms with Crippen molar-refractivity contribution in [2.45, 2.75) is 103 Å². The Labute approximate surface area is 125 Å². The molecule has 0 aromatic heterocycles. The van der Waals surface area contributed by atoms with Gasteiger partial charge in [0.25, 0.3) is 0 Å². The maximum absolute atomic E-state index is 11.5. The minimum atomic E-state index is -0.135. The molecule has 20 heavy (non-hydrogen) atoms. The summed E-state index contributed by atoms with van der Waals surface area (Å²) >= 11 is 0. The van der Waals surface area contributed by atoms with Gasteiger partial charge < -0.3 is 4.74 Å². The van der Waals surface area contributed by atoms with Crippen LogP contribution in [0.2, 0.25) is 0 Å². The summed E-state index contributed by atoms with van der Waals surface area (Å²) in [4.78, 5) is 11.5. The van der Waals surface area contributed by atoms with Gasteiger partial charge in [0.1, 0.15) is 5.60 Å². The van der Waals surface area contributed by atoms with Crippen LogP contribution in [-0.4, -0.2) is 11.6 Å². The highest BCUT2D eigenvalue weighted by molar-refractivity contribution is 5.66. The molecular weight excluding hydrogens is 248 g/mol. The van der Waals surface area contributed by atoms with E-state index in [1.165, 1.54) is 57.8 Å². The van der Waals surface area contributed by atoms with Gasteiger partial charge >= 0.3 is 5.97 Å². The fourth-order valence-electron chi connectivity index (χ4n) is 3.86. The lowest BCUT2D eigenvalue weighted by atomic mass is 9.72. The summed E-state index contributed by atoms with van der Waals surface area (Å²) in [5, 5.41) is 0. The molecule has 1 unspecified atom stereocenters. The van der Waals surface area contributed by atoms with Gasteiger partial charge in [-0.25, -0.2) is 0 Å². The fourth-order valence-corrected chi connectivity index (χ4v) is 3.86. The molecule has 1 aliphatic carbocycles. The summed E-state index contributed by atoms with van der Waals surface area (Å²) in [6.45, 7) is 6.09. The first-order chi connectivity index (χ1) is 9.64. The van der Waals surface area contributed by atoms with Crippen LogP contribution in [0.25, 0.3) is 0 Å². The van der Waals surface area contributed by atoms with Gasteiger partial charge in [-0.1, -0.05) is 52.4 Å². The van der Waals surface area contributed by atoms with Gasteiger partial charge in [-0.15, -0.1) is 0 Å². The Morgan fingerprint density at radius 2 is 1.70 bits per heavy atom. The molecule has 2 heteroatoms. The molecule has 1 fully saturated rings. The molecule has 0 bridgehead atoms. The molecule has 0 aliphatic heterocycles.